The number of carbonyl (C=O) groups excluding carboxylic acids is 2. The fourth-order valence-electron chi connectivity index (χ4n) is 3.10. The maximum Gasteiger partial charge on any atom is 0.395 e. The lowest BCUT2D eigenvalue weighted by Gasteiger charge is -2.22. The van der Waals surface area contributed by atoms with Crippen molar-refractivity contribution in [2.45, 2.75) is 24.9 Å². The molecule has 1 aliphatic heterocycles. The van der Waals surface area contributed by atoms with Crippen molar-refractivity contribution in [3.63, 3.8) is 0 Å². The Bertz CT molecular complexity index is 752. The lowest BCUT2D eigenvalue weighted by atomic mass is 9.93. The lowest BCUT2D eigenvalue weighted by Crippen LogP contribution is -2.31. The number of benzene rings is 2. The Morgan fingerprint density at radius 3 is 1.88 bits per heavy atom. The number of fused-ring (bicyclic) bond motifs is 1. The molecule has 2 aromatic carbocycles. The van der Waals surface area contributed by atoms with E-state index in [9.17, 15) is 22.8 Å². The quantitative estimate of drug-likeness (QED) is 0.752. The molecule has 2 aromatic rings. The summed E-state index contributed by atoms with van der Waals surface area (Å²) in [6, 6.07) is 14.1. The normalized spacial score (nSPS) is 15.4. The summed E-state index contributed by atoms with van der Waals surface area (Å²) >= 11 is 0. The molecule has 0 saturated heterocycles. The maximum absolute atomic E-state index is 13.3. The fourth-order valence-corrected chi connectivity index (χ4v) is 3.10. The standard InChI is InChI=1S/C19H16F3NO2/c20-19(21,22)16(13-7-2-1-3-8-13)11-6-12-23-17(24)14-9-4-5-10-15(14)18(23)25/h1-5,7-10,16H,6,11-12H2/t16-/m1/s1. The molecule has 0 aromatic heterocycles. The van der Waals surface area contributed by atoms with Gasteiger partial charge in [-0.05, 0) is 30.5 Å². The van der Waals surface area contributed by atoms with E-state index in [1.807, 2.05) is 0 Å². The van der Waals surface area contributed by atoms with Crippen LogP contribution in [0.5, 0.6) is 0 Å². The van der Waals surface area contributed by atoms with Crippen LogP contribution in [0.4, 0.5) is 13.2 Å². The Labute approximate surface area is 143 Å². The van der Waals surface area contributed by atoms with Crippen LogP contribution in [-0.4, -0.2) is 29.4 Å². The first-order valence-electron chi connectivity index (χ1n) is 7.96. The van der Waals surface area contributed by atoms with Crippen molar-refractivity contribution in [2.75, 3.05) is 6.54 Å². The Morgan fingerprint density at radius 1 is 0.840 bits per heavy atom. The van der Waals surface area contributed by atoms with Gasteiger partial charge in [-0.2, -0.15) is 13.2 Å². The molecule has 3 rings (SSSR count). The smallest absolute Gasteiger partial charge is 0.274 e. The van der Waals surface area contributed by atoms with Crippen molar-refractivity contribution >= 4 is 11.8 Å². The summed E-state index contributed by atoms with van der Waals surface area (Å²) in [4.78, 5) is 25.5. The van der Waals surface area contributed by atoms with Gasteiger partial charge in [0.05, 0.1) is 17.0 Å². The van der Waals surface area contributed by atoms with Gasteiger partial charge in [-0.15, -0.1) is 0 Å². The van der Waals surface area contributed by atoms with Crippen molar-refractivity contribution in [1.29, 1.82) is 0 Å². The molecular formula is C19H16F3NO2. The van der Waals surface area contributed by atoms with Crippen LogP contribution in [0, 0.1) is 0 Å². The second-order valence-corrected chi connectivity index (χ2v) is 5.95. The molecule has 25 heavy (non-hydrogen) atoms. The van der Waals surface area contributed by atoms with Crippen molar-refractivity contribution in [1.82, 2.24) is 4.90 Å². The number of rotatable bonds is 5. The van der Waals surface area contributed by atoms with Crippen LogP contribution in [0.25, 0.3) is 0 Å². The van der Waals surface area contributed by atoms with Crippen LogP contribution >= 0.6 is 0 Å². The summed E-state index contributed by atoms with van der Waals surface area (Å²) in [7, 11) is 0. The van der Waals surface area contributed by atoms with Crippen LogP contribution in [-0.2, 0) is 0 Å². The third-order valence-corrected chi connectivity index (χ3v) is 4.35. The average Bonchev–Trinajstić information content (AvgIpc) is 2.83. The zero-order chi connectivity index (χ0) is 18.0. The second-order valence-electron chi connectivity index (χ2n) is 5.95. The monoisotopic (exact) mass is 347 g/mol. The van der Waals surface area contributed by atoms with Gasteiger partial charge in [0.15, 0.2) is 0 Å². The highest BCUT2D eigenvalue weighted by atomic mass is 19.4. The molecule has 0 aliphatic carbocycles. The van der Waals surface area contributed by atoms with Crippen molar-refractivity contribution in [3.8, 4) is 0 Å². The van der Waals surface area contributed by atoms with Gasteiger partial charge in [-0.3, -0.25) is 14.5 Å². The fraction of sp³-hybridized carbons (Fsp3) is 0.263. The van der Waals surface area contributed by atoms with Crippen LogP contribution in [0.1, 0.15) is 45.0 Å². The molecule has 0 fully saturated rings. The summed E-state index contributed by atoms with van der Waals surface area (Å²) in [5.74, 6) is -2.49. The Balaban J connectivity index is 1.68. The largest absolute Gasteiger partial charge is 0.395 e. The van der Waals surface area contributed by atoms with Crippen molar-refractivity contribution < 1.29 is 22.8 Å². The zero-order valence-electron chi connectivity index (χ0n) is 13.3. The highest BCUT2D eigenvalue weighted by Gasteiger charge is 2.41. The van der Waals surface area contributed by atoms with Gasteiger partial charge >= 0.3 is 6.18 Å². The first kappa shape index (κ1) is 17.2. The van der Waals surface area contributed by atoms with E-state index >= 15 is 0 Å². The molecule has 0 saturated carbocycles. The molecule has 6 heteroatoms. The lowest BCUT2D eigenvalue weighted by molar-refractivity contribution is -0.152. The van der Waals surface area contributed by atoms with E-state index in [0.29, 0.717) is 11.1 Å². The number of nitrogens with zero attached hydrogens (tertiary/aromatic N) is 1. The predicted molar refractivity (Wildman–Crippen MR) is 86.3 cm³/mol. The van der Waals surface area contributed by atoms with Gasteiger partial charge in [0, 0.05) is 6.54 Å². The van der Waals surface area contributed by atoms with Gasteiger partial charge in [0.1, 0.15) is 0 Å². The van der Waals surface area contributed by atoms with Gasteiger partial charge in [0.25, 0.3) is 11.8 Å². The van der Waals surface area contributed by atoms with Gasteiger partial charge in [0.2, 0.25) is 0 Å². The molecule has 0 radical (unpaired) electrons. The topological polar surface area (TPSA) is 37.4 Å². The van der Waals surface area contributed by atoms with Gasteiger partial charge in [-0.1, -0.05) is 42.5 Å². The number of hydrogen-bond donors (Lipinski definition) is 0. The summed E-state index contributed by atoms with van der Waals surface area (Å²) in [5, 5.41) is 0. The molecule has 2 amide bonds. The number of imide groups is 1. The van der Waals surface area contributed by atoms with E-state index in [0.717, 1.165) is 4.90 Å². The maximum atomic E-state index is 13.3. The molecule has 0 spiro atoms. The van der Waals surface area contributed by atoms with Crippen LogP contribution in [0.2, 0.25) is 0 Å². The van der Waals surface area contributed by atoms with Gasteiger partial charge < -0.3 is 0 Å². The molecule has 3 nitrogen and oxygen atoms in total. The third kappa shape index (κ3) is 3.43. The number of amides is 2. The Morgan fingerprint density at radius 2 is 1.36 bits per heavy atom. The van der Waals surface area contributed by atoms with Crippen LogP contribution in [0.15, 0.2) is 54.6 Å². The SMILES string of the molecule is O=C1c2ccccc2C(=O)N1CCC[C@H](c1ccccc1)C(F)(F)F. The van der Waals surface area contributed by atoms with Gasteiger partial charge in [-0.25, -0.2) is 0 Å². The number of alkyl halides is 3. The van der Waals surface area contributed by atoms with E-state index in [-0.39, 0.29) is 24.9 Å². The van der Waals surface area contributed by atoms with E-state index in [1.165, 1.54) is 12.1 Å². The zero-order valence-corrected chi connectivity index (χ0v) is 13.3. The number of hydrogen-bond acceptors (Lipinski definition) is 2. The molecular weight excluding hydrogens is 331 g/mol. The molecule has 0 bridgehead atoms. The molecule has 130 valence electrons. The van der Waals surface area contributed by atoms with Crippen LogP contribution in [0.3, 0.4) is 0 Å². The third-order valence-electron chi connectivity index (χ3n) is 4.35. The highest BCUT2D eigenvalue weighted by molar-refractivity contribution is 6.21. The summed E-state index contributed by atoms with van der Waals surface area (Å²) in [5.41, 5.74) is 0.809. The van der Waals surface area contributed by atoms with E-state index in [2.05, 4.69) is 0 Å². The minimum Gasteiger partial charge on any atom is -0.274 e. The molecule has 0 unspecified atom stereocenters. The van der Waals surface area contributed by atoms with Crippen LogP contribution < -0.4 is 0 Å². The minimum atomic E-state index is -4.37. The van der Waals surface area contributed by atoms with E-state index in [4.69, 9.17) is 0 Å². The summed E-state index contributed by atoms with van der Waals surface area (Å²) in [6.07, 6.45) is -4.46. The first-order chi connectivity index (χ1) is 11.9. The van der Waals surface area contributed by atoms with Crippen molar-refractivity contribution in [3.05, 3.63) is 71.3 Å². The number of halogens is 3. The predicted octanol–water partition coefficient (Wildman–Crippen LogP) is 4.41. The second kappa shape index (κ2) is 6.70. The summed E-state index contributed by atoms with van der Waals surface area (Å²) in [6.45, 7) is -0.0221. The molecule has 1 heterocycles. The molecule has 0 N–H and O–H groups in total. The average molecular weight is 347 g/mol. The highest BCUT2D eigenvalue weighted by Crippen LogP contribution is 2.38. The van der Waals surface area contributed by atoms with Crippen molar-refractivity contribution in [2.24, 2.45) is 0 Å². The van der Waals surface area contributed by atoms with E-state index < -0.39 is 23.9 Å². The Hall–Kier alpha value is -2.63. The molecule has 1 aliphatic rings. The minimum absolute atomic E-state index is 0.0221. The van der Waals surface area contributed by atoms with E-state index in [1.54, 1.807) is 42.5 Å². The Kier molecular flexibility index (Phi) is 4.61. The number of carbonyl (C=O) groups is 2. The summed E-state index contributed by atoms with van der Waals surface area (Å²) < 4.78 is 40.0. The first-order valence-corrected chi connectivity index (χ1v) is 7.96. The molecule has 1 atom stereocenters.